The van der Waals surface area contributed by atoms with Crippen LogP contribution in [-0.2, 0) is 51.0 Å². The molecule has 0 amide bonds. The molecule has 0 atom stereocenters. The maximum Gasteiger partial charge on any atom is 0.369 e. The van der Waals surface area contributed by atoms with Crippen LogP contribution in [0.25, 0.3) is 49.2 Å². The van der Waals surface area contributed by atoms with Crippen LogP contribution in [0.3, 0.4) is 0 Å². The van der Waals surface area contributed by atoms with E-state index in [1.54, 1.807) is 60.3 Å². The van der Waals surface area contributed by atoms with Crippen LogP contribution >= 0.6 is 47.3 Å². The van der Waals surface area contributed by atoms with Gasteiger partial charge in [0.15, 0.2) is 6.29 Å². The smallest absolute Gasteiger partial charge is 0.369 e. The van der Waals surface area contributed by atoms with Gasteiger partial charge in [-0.1, -0.05) is 122 Å². The van der Waals surface area contributed by atoms with Crippen molar-refractivity contribution in [1.29, 1.82) is 0 Å². The number of phenolic OH excluding ortho intramolecular Hbond substituents is 1. The van der Waals surface area contributed by atoms with Crippen molar-refractivity contribution >= 4 is 130 Å². The third-order valence-electron chi connectivity index (χ3n) is 11.5. The van der Waals surface area contributed by atoms with E-state index < -0.39 is 0 Å². The van der Waals surface area contributed by atoms with Crippen molar-refractivity contribution in [1.82, 2.24) is 0 Å². The second-order valence-corrected chi connectivity index (χ2v) is 23.0. The van der Waals surface area contributed by atoms with Crippen molar-refractivity contribution in [3.05, 3.63) is 187 Å². The number of halogens is 3. The summed E-state index contributed by atoms with van der Waals surface area (Å²) in [7, 11) is 4.94. The lowest BCUT2D eigenvalue weighted by Crippen LogP contribution is -2.05. The molecule has 0 heterocycles. The molecule has 0 aromatic heterocycles. The molecule has 0 radical (unpaired) electrons. The predicted molar refractivity (Wildman–Crippen MR) is 340 cm³/mol. The van der Waals surface area contributed by atoms with Gasteiger partial charge in [-0.15, -0.1) is 47.3 Å². The molecule has 0 aliphatic heterocycles. The van der Waals surface area contributed by atoms with Crippen LogP contribution in [0.2, 0.25) is 0 Å². The first-order chi connectivity index (χ1) is 39.1. The van der Waals surface area contributed by atoms with E-state index >= 15 is 0 Å². The lowest BCUT2D eigenvalue weighted by molar-refractivity contribution is -0.144. The van der Waals surface area contributed by atoms with Crippen LogP contribution < -0.4 is 14.2 Å². The predicted octanol–water partition coefficient (Wildman–Crippen LogP) is 15.6. The van der Waals surface area contributed by atoms with Gasteiger partial charge in [-0.25, -0.2) is 9.59 Å². The van der Waals surface area contributed by atoms with E-state index in [0.717, 1.165) is 89.4 Å². The Morgan fingerprint density at radius 2 is 0.827 bits per heavy atom. The summed E-state index contributed by atoms with van der Waals surface area (Å²) < 4.78 is 35.3. The van der Waals surface area contributed by atoms with Gasteiger partial charge in [-0.3, -0.25) is 14.4 Å². The zero-order chi connectivity index (χ0) is 59.5. The molecule has 8 rings (SSSR count). The van der Waals surface area contributed by atoms with Crippen LogP contribution in [0.1, 0.15) is 69.0 Å². The minimum atomic E-state index is -0.359. The Balaban J connectivity index is 0.000000352. The molecule has 0 unspecified atom stereocenters. The van der Waals surface area contributed by atoms with Crippen LogP contribution in [0.4, 0.5) is 0 Å². The number of fused-ring (bicyclic) bond motifs is 4. The van der Waals surface area contributed by atoms with Crippen LogP contribution in [0.5, 0.6) is 23.0 Å². The number of rotatable bonds is 17. The van der Waals surface area contributed by atoms with Gasteiger partial charge in [0.1, 0.15) is 23.0 Å². The number of aromatic hydroxyl groups is 1. The highest BCUT2D eigenvalue weighted by Gasteiger charge is 2.11. The standard InChI is InChI=1S/C16H18O3.C16H16O3.C15H16O3.C12H10O2.C5H8O2.BBr3.H2/c2*1-3-19-16(17)11-9-12-8-10-15(18-2)14-7-5-4-6-13(12)14;1-2-18-15(17)10-8-11-7-9-14(16)13-6-4-3-5-12(11)13;1-14-12-7-6-9(8-13)10-4-2-3-5-11(10)12;1-3-5(6)7-4-2;2-1(3)4;/h4-8,10H,3,9,11H2,1-2H3;4-11H,3H2,1-2H3;3-7,9,16H,2,8,10H2,1H3;2-8H,1H3;3H,1,4H2,2H3;;1H/b;11-9+;;;;;. The highest BCUT2D eigenvalue weighted by molar-refractivity contribution is 9.69. The zero-order valence-electron chi connectivity index (χ0n) is 46.6. The van der Waals surface area contributed by atoms with E-state index in [1.807, 2.05) is 134 Å². The largest absolute Gasteiger partial charge is 0.507 e. The van der Waals surface area contributed by atoms with Crippen molar-refractivity contribution < 1.29 is 63.7 Å². The molecule has 8 aromatic carbocycles. The van der Waals surface area contributed by atoms with Crippen molar-refractivity contribution in [2.75, 3.05) is 47.8 Å². The molecule has 0 aliphatic rings. The number of ether oxygens (including phenoxy) is 7. The fourth-order valence-electron chi connectivity index (χ4n) is 7.98. The number of carbonyl (C=O) groups excluding carboxylic acids is 5. The van der Waals surface area contributed by atoms with Gasteiger partial charge in [-0.05, 0) is 115 Å². The minimum absolute atomic E-state index is 0. The van der Waals surface area contributed by atoms with Crippen molar-refractivity contribution in [3.63, 3.8) is 0 Å². The van der Waals surface area contributed by atoms with Gasteiger partial charge in [0.25, 0.3) is 0 Å². The van der Waals surface area contributed by atoms with E-state index in [1.165, 1.54) is 6.08 Å². The highest BCUT2D eigenvalue weighted by atomic mass is 79.9. The third-order valence-corrected chi connectivity index (χ3v) is 11.5. The molecular weight excluding hydrogens is 1230 g/mol. The summed E-state index contributed by atoms with van der Waals surface area (Å²) in [5.41, 5.74) is 3.85. The molecule has 0 saturated heterocycles. The van der Waals surface area contributed by atoms with E-state index in [0.29, 0.717) is 57.7 Å². The fraction of sp³-hybridized carbons (Fsp3) is 0.234. The van der Waals surface area contributed by atoms with Gasteiger partial charge >= 0.3 is 27.1 Å². The lowest BCUT2D eigenvalue weighted by Gasteiger charge is -2.10. The second-order valence-electron chi connectivity index (χ2n) is 16.6. The van der Waals surface area contributed by atoms with E-state index in [4.69, 9.17) is 28.4 Å². The Bertz CT molecular complexity index is 3330. The molecule has 0 saturated carbocycles. The Morgan fingerprint density at radius 1 is 0.481 bits per heavy atom. The maximum absolute atomic E-state index is 11.4. The average molecular weight is 1300 g/mol. The van der Waals surface area contributed by atoms with E-state index in [9.17, 15) is 29.1 Å². The zero-order valence-corrected chi connectivity index (χ0v) is 51.3. The number of phenols is 1. The summed E-state index contributed by atoms with van der Waals surface area (Å²) >= 11 is 9.31. The molecule has 17 heteroatoms. The van der Waals surface area contributed by atoms with E-state index in [-0.39, 0.29) is 34.2 Å². The molecule has 13 nitrogen and oxygen atoms in total. The maximum atomic E-state index is 11.4. The first-order valence-corrected chi connectivity index (χ1v) is 28.6. The van der Waals surface area contributed by atoms with Gasteiger partial charge < -0.3 is 38.3 Å². The summed E-state index contributed by atoms with van der Waals surface area (Å²) in [6.07, 6.45) is 7.29. The Morgan fingerprint density at radius 3 is 1.23 bits per heavy atom. The average Bonchev–Trinajstić information content (AvgIpc) is 3.51. The Kier molecular flexibility index (Phi) is 32.0. The molecule has 0 aliphatic carbocycles. The number of methoxy groups -OCH3 is 3. The van der Waals surface area contributed by atoms with Gasteiger partial charge in [0, 0.05) is 53.5 Å². The Hall–Kier alpha value is -7.47. The van der Waals surface area contributed by atoms with Gasteiger partial charge in [0.2, 0.25) is 0 Å². The molecule has 428 valence electrons. The van der Waals surface area contributed by atoms with Crippen LogP contribution in [0.15, 0.2) is 164 Å². The van der Waals surface area contributed by atoms with Crippen molar-refractivity contribution in [2.24, 2.45) is 0 Å². The number of aldehydes is 1. The monoisotopic (exact) mass is 1290 g/mol. The van der Waals surface area contributed by atoms with Crippen LogP contribution in [0, 0.1) is 0 Å². The SMILES string of the molecule is BrB(Br)Br.C=CC(=O)OCC.CCOC(=O)/C=C/c1ccc(OC)c2ccccc12.CCOC(=O)CCc1ccc(O)c2ccccc12.CCOC(=O)CCc1ccc(OC)c2ccccc12.COc1ccc(C=O)c2ccccc12.[HH]. The molecule has 1 N–H and O–H groups in total. The van der Waals surface area contributed by atoms with Gasteiger partial charge in [0.05, 0.1) is 47.8 Å². The summed E-state index contributed by atoms with van der Waals surface area (Å²) in [5.74, 6) is 1.72. The quantitative estimate of drug-likeness (QED) is 0.0301. The normalized spacial score (nSPS) is 10.0. The minimum Gasteiger partial charge on any atom is -0.507 e. The molecule has 0 bridgehead atoms. The molecule has 0 spiro atoms. The number of aryl methyl sites for hydroxylation is 2. The van der Waals surface area contributed by atoms with Crippen molar-refractivity contribution in [2.45, 2.75) is 53.4 Å². The van der Waals surface area contributed by atoms with Crippen molar-refractivity contribution in [3.8, 4) is 23.0 Å². The summed E-state index contributed by atoms with van der Waals surface area (Å²) in [6, 6.07) is 46.2. The van der Waals surface area contributed by atoms with Gasteiger partial charge in [-0.2, -0.15) is 0 Å². The molecule has 8 aromatic rings. The molecular formula is C64H70BBr3O13. The lowest BCUT2D eigenvalue weighted by atomic mass is 10.0. The number of hydrogen-bond acceptors (Lipinski definition) is 13. The first-order valence-electron chi connectivity index (χ1n) is 25.8. The second kappa shape index (κ2) is 38.2. The number of esters is 4. The van der Waals surface area contributed by atoms with Crippen LogP contribution in [-0.4, -0.2) is 86.2 Å². The molecule has 0 fully saturated rings. The van der Waals surface area contributed by atoms with E-state index in [2.05, 4.69) is 64.7 Å². The first kappa shape index (κ1) is 67.8. The molecule has 81 heavy (non-hydrogen) atoms. The number of benzene rings is 8. The number of hydrogen-bond donors (Lipinski definition) is 1. The highest BCUT2D eigenvalue weighted by Crippen LogP contribution is 2.32. The summed E-state index contributed by atoms with van der Waals surface area (Å²) in [5, 5.41) is 17.7. The Labute approximate surface area is 501 Å². The number of carbonyl (C=O) groups is 5. The fourth-order valence-corrected chi connectivity index (χ4v) is 7.98. The summed E-state index contributed by atoms with van der Waals surface area (Å²) in [6.45, 7) is 12.0. The third kappa shape index (κ3) is 22.9. The topological polar surface area (TPSA) is 170 Å². The summed E-state index contributed by atoms with van der Waals surface area (Å²) in [4.78, 5) is 55.0.